The molecular weight excluding hydrogens is 500 g/mol. The van der Waals surface area contributed by atoms with Crippen molar-refractivity contribution in [3.63, 3.8) is 0 Å². The number of anilines is 3. The van der Waals surface area contributed by atoms with Crippen LogP contribution in [0.1, 0.15) is 10.4 Å². The summed E-state index contributed by atoms with van der Waals surface area (Å²) in [5.41, 5.74) is 3.91. The third kappa shape index (κ3) is 5.42. The van der Waals surface area contributed by atoms with Crippen LogP contribution in [0, 0.1) is 0 Å². The zero-order valence-corrected chi connectivity index (χ0v) is 21.9. The zero-order chi connectivity index (χ0) is 26.5. The standard InChI is InChI=1S/C29H28N4O4S/c1-35-26-11-4-3-9-24(26)31-29(38)30-20-12-14-21(15-13-20)37-22-18-33(19-22)25-10-7-8-23(28(34)36-2)27(25)32-16-5-6-17-32/h3-17,22H,18-19H2,1-2H3,(H2,30,31,38). The van der Waals surface area contributed by atoms with E-state index in [2.05, 4.69) is 15.5 Å². The quantitative estimate of drug-likeness (QED) is 0.234. The second kappa shape index (κ2) is 11.3. The van der Waals surface area contributed by atoms with Crippen molar-refractivity contribution in [2.24, 2.45) is 0 Å². The molecule has 0 atom stereocenters. The second-order valence-electron chi connectivity index (χ2n) is 8.70. The van der Waals surface area contributed by atoms with Gasteiger partial charge in [0.05, 0.1) is 49.9 Å². The van der Waals surface area contributed by atoms with Crippen molar-refractivity contribution in [2.45, 2.75) is 6.10 Å². The van der Waals surface area contributed by atoms with Gasteiger partial charge in [-0.25, -0.2) is 4.79 Å². The smallest absolute Gasteiger partial charge is 0.340 e. The van der Waals surface area contributed by atoms with Crippen molar-refractivity contribution < 1.29 is 19.0 Å². The van der Waals surface area contributed by atoms with Gasteiger partial charge in [-0.1, -0.05) is 18.2 Å². The summed E-state index contributed by atoms with van der Waals surface area (Å²) in [6.07, 6.45) is 3.87. The van der Waals surface area contributed by atoms with E-state index in [9.17, 15) is 4.79 Å². The van der Waals surface area contributed by atoms with E-state index in [4.69, 9.17) is 26.4 Å². The molecule has 38 heavy (non-hydrogen) atoms. The molecule has 8 nitrogen and oxygen atoms in total. The van der Waals surface area contributed by atoms with Gasteiger partial charge in [-0.3, -0.25) is 0 Å². The Morgan fingerprint density at radius 1 is 0.895 bits per heavy atom. The fraction of sp³-hybridized carbons (Fsp3) is 0.172. The number of hydrogen-bond donors (Lipinski definition) is 2. The Kier molecular flexibility index (Phi) is 7.46. The lowest BCUT2D eigenvalue weighted by Crippen LogP contribution is -2.54. The molecule has 0 unspecified atom stereocenters. The van der Waals surface area contributed by atoms with Crippen molar-refractivity contribution >= 4 is 40.4 Å². The van der Waals surface area contributed by atoms with Gasteiger partial charge in [0, 0.05) is 18.1 Å². The van der Waals surface area contributed by atoms with Crippen LogP contribution in [0.4, 0.5) is 17.1 Å². The highest BCUT2D eigenvalue weighted by Crippen LogP contribution is 2.33. The molecule has 1 aromatic heterocycles. The Morgan fingerprint density at radius 3 is 2.34 bits per heavy atom. The molecule has 0 aliphatic carbocycles. The number of benzene rings is 3. The van der Waals surface area contributed by atoms with Gasteiger partial charge >= 0.3 is 5.97 Å². The normalized spacial score (nSPS) is 12.8. The minimum Gasteiger partial charge on any atom is -0.495 e. The van der Waals surface area contributed by atoms with E-state index in [1.807, 2.05) is 89.8 Å². The minimum atomic E-state index is -0.366. The number of esters is 1. The third-order valence-electron chi connectivity index (χ3n) is 6.24. The molecule has 1 aliphatic rings. The van der Waals surface area contributed by atoms with E-state index in [1.54, 1.807) is 13.2 Å². The number of para-hydroxylation sites is 3. The van der Waals surface area contributed by atoms with Gasteiger partial charge in [0.15, 0.2) is 5.11 Å². The maximum atomic E-state index is 12.4. The average Bonchev–Trinajstić information content (AvgIpc) is 3.45. The second-order valence-corrected chi connectivity index (χ2v) is 9.11. The molecule has 0 saturated carbocycles. The Balaban J connectivity index is 1.19. The van der Waals surface area contributed by atoms with Gasteiger partial charge < -0.3 is 34.3 Å². The number of thiocarbonyl (C=S) groups is 1. The highest BCUT2D eigenvalue weighted by atomic mass is 32.1. The number of ether oxygens (including phenoxy) is 3. The van der Waals surface area contributed by atoms with Crippen LogP contribution in [0.2, 0.25) is 0 Å². The van der Waals surface area contributed by atoms with E-state index >= 15 is 0 Å². The van der Waals surface area contributed by atoms with Gasteiger partial charge in [-0.05, 0) is 72.9 Å². The number of nitrogens with zero attached hydrogens (tertiary/aromatic N) is 2. The first-order valence-electron chi connectivity index (χ1n) is 12.1. The van der Waals surface area contributed by atoms with Crippen LogP contribution in [0.5, 0.6) is 11.5 Å². The maximum Gasteiger partial charge on any atom is 0.340 e. The minimum absolute atomic E-state index is 0.0291. The lowest BCUT2D eigenvalue weighted by atomic mass is 10.1. The first-order chi connectivity index (χ1) is 18.6. The number of methoxy groups -OCH3 is 2. The summed E-state index contributed by atoms with van der Waals surface area (Å²) in [5, 5.41) is 6.79. The molecule has 4 aromatic rings. The van der Waals surface area contributed by atoms with Crippen LogP contribution >= 0.6 is 12.2 Å². The van der Waals surface area contributed by atoms with Crippen LogP contribution in [-0.4, -0.2) is 49.1 Å². The Hall–Kier alpha value is -4.50. The molecule has 9 heteroatoms. The average molecular weight is 529 g/mol. The van der Waals surface area contributed by atoms with Crippen molar-refractivity contribution in [3.05, 3.63) is 96.8 Å². The van der Waals surface area contributed by atoms with E-state index in [0.29, 0.717) is 29.5 Å². The molecule has 0 bridgehead atoms. The van der Waals surface area contributed by atoms with Crippen molar-refractivity contribution in [1.29, 1.82) is 0 Å². The van der Waals surface area contributed by atoms with Crippen LogP contribution < -0.4 is 25.0 Å². The summed E-state index contributed by atoms with van der Waals surface area (Å²) in [4.78, 5) is 14.6. The van der Waals surface area contributed by atoms with Crippen LogP contribution in [-0.2, 0) is 4.74 Å². The molecule has 0 amide bonds. The molecule has 0 spiro atoms. The van der Waals surface area contributed by atoms with E-state index < -0.39 is 0 Å². The topological polar surface area (TPSA) is 77.0 Å². The largest absolute Gasteiger partial charge is 0.495 e. The zero-order valence-electron chi connectivity index (χ0n) is 21.1. The van der Waals surface area contributed by atoms with Crippen molar-refractivity contribution in [2.75, 3.05) is 42.8 Å². The lowest BCUT2D eigenvalue weighted by Gasteiger charge is -2.41. The Bertz CT molecular complexity index is 1420. The summed E-state index contributed by atoms with van der Waals surface area (Å²) in [5.74, 6) is 1.13. The fourth-order valence-electron chi connectivity index (χ4n) is 4.37. The molecule has 1 aliphatic heterocycles. The predicted molar refractivity (Wildman–Crippen MR) is 153 cm³/mol. The summed E-state index contributed by atoms with van der Waals surface area (Å²) in [6.45, 7) is 1.40. The molecule has 0 radical (unpaired) electrons. The molecule has 2 N–H and O–H groups in total. The molecule has 5 rings (SSSR count). The third-order valence-corrected chi connectivity index (χ3v) is 6.45. The van der Waals surface area contributed by atoms with Gasteiger partial charge in [-0.15, -0.1) is 0 Å². The summed E-state index contributed by atoms with van der Waals surface area (Å²) in [7, 11) is 3.02. The summed E-state index contributed by atoms with van der Waals surface area (Å²) in [6, 6.07) is 24.8. The highest BCUT2D eigenvalue weighted by molar-refractivity contribution is 7.80. The molecular formula is C29H28N4O4S. The van der Waals surface area contributed by atoms with E-state index in [-0.39, 0.29) is 12.1 Å². The summed E-state index contributed by atoms with van der Waals surface area (Å²) >= 11 is 5.44. The van der Waals surface area contributed by atoms with E-state index in [1.165, 1.54) is 7.11 Å². The van der Waals surface area contributed by atoms with Crippen LogP contribution in [0.3, 0.4) is 0 Å². The number of rotatable bonds is 8. The summed E-state index contributed by atoms with van der Waals surface area (Å²) < 4.78 is 18.5. The van der Waals surface area contributed by atoms with Gasteiger partial charge in [0.25, 0.3) is 0 Å². The number of hydrogen-bond acceptors (Lipinski definition) is 6. The number of carbonyl (C=O) groups excluding carboxylic acids is 1. The number of nitrogens with one attached hydrogen (secondary N) is 2. The van der Waals surface area contributed by atoms with Crippen molar-refractivity contribution in [3.8, 4) is 17.2 Å². The SMILES string of the molecule is COC(=O)c1cccc(N2CC(Oc3ccc(NC(=S)Nc4ccccc4OC)cc3)C2)c1-n1cccc1. The predicted octanol–water partition coefficient (Wildman–Crippen LogP) is 5.35. The molecule has 1 fully saturated rings. The lowest BCUT2D eigenvalue weighted by molar-refractivity contribution is 0.0600. The van der Waals surface area contributed by atoms with Crippen LogP contribution in [0.15, 0.2) is 91.3 Å². The Morgan fingerprint density at radius 2 is 1.63 bits per heavy atom. The molecule has 194 valence electrons. The van der Waals surface area contributed by atoms with Crippen molar-refractivity contribution in [1.82, 2.24) is 4.57 Å². The van der Waals surface area contributed by atoms with Gasteiger partial charge in [-0.2, -0.15) is 0 Å². The Labute approximate surface area is 226 Å². The number of aromatic nitrogens is 1. The molecule has 3 aromatic carbocycles. The van der Waals surface area contributed by atoms with Gasteiger partial charge in [0.1, 0.15) is 17.6 Å². The van der Waals surface area contributed by atoms with Gasteiger partial charge in [0.2, 0.25) is 0 Å². The fourth-order valence-corrected chi connectivity index (χ4v) is 4.60. The molecule has 1 saturated heterocycles. The first-order valence-corrected chi connectivity index (χ1v) is 12.5. The number of carbonyl (C=O) groups is 1. The molecule has 2 heterocycles. The first kappa shape index (κ1) is 25.2. The monoisotopic (exact) mass is 528 g/mol. The maximum absolute atomic E-state index is 12.4. The highest BCUT2D eigenvalue weighted by Gasteiger charge is 2.32. The van der Waals surface area contributed by atoms with Crippen LogP contribution in [0.25, 0.3) is 5.69 Å². The van der Waals surface area contributed by atoms with E-state index in [0.717, 1.165) is 28.5 Å².